The largest absolute Gasteiger partial charge is 0.378 e. The molecular weight excluding hydrogens is 338 g/mol. The number of benzene rings is 2. The van der Waals surface area contributed by atoms with Crippen molar-refractivity contribution in [3.05, 3.63) is 57.8 Å². The maximum Gasteiger partial charge on any atom is 0.128 e. The Bertz CT molecular complexity index is 767. The summed E-state index contributed by atoms with van der Waals surface area (Å²) in [5.41, 5.74) is 3.10. The third kappa shape index (κ3) is 2.67. The van der Waals surface area contributed by atoms with Gasteiger partial charge in [-0.05, 0) is 36.4 Å². The zero-order chi connectivity index (χ0) is 14.1. The molecule has 0 atom stereocenters. The van der Waals surface area contributed by atoms with E-state index in [2.05, 4.69) is 36.9 Å². The normalized spacial score (nSPS) is 10.9. The van der Waals surface area contributed by atoms with Gasteiger partial charge in [-0.2, -0.15) is 0 Å². The lowest BCUT2D eigenvalue weighted by atomic mass is 10.3. The molecule has 5 heteroatoms. The summed E-state index contributed by atoms with van der Waals surface area (Å²) in [5, 5.41) is 4.06. The van der Waals surface area contributed by atoms with Crippen molar-refractivity contribution in [2.45, 2.75) is 6.54 Å². The minimum absolute atomic E-state index is 0.656. The molecule has 0 aliphatic carbocycles. The second-order valence-corrected chi connectivity index (χ2v) is 5.94. The average Bonchev–Trinajstić information content (AvgIpc) is 2.72. The Morgan fingerprint density at radius 1 is 1.25 bits per heavy atom. The Morgan fingerprint density at radius 2 is 2.10 bits per heavy atom. The van der Waals surface area contributed by atoms with E-state index in [1.165, 1.54) is 0 Å². The third-order valence-electron chi connectivity index (χ3n) is 3.21. The van der Waals surface area contributed by atoms with Crippen molar-refractivity contribution in [1.29, 1.82) is 0 Å². The van der Waals surface area contributed by atoms with Crippen molar-refractivity contribution < 1.29 is 0 Å². The lowest BCUT2D eigenvalue weighted by molar-refractivity contribution is 0.834. The highest BCUT2D eigenvalue weighted by Crippen LogP contribution is 2.21. The Hall–Kier alpha value is -1.52. The molecule has 1 aromatic heterocycles. The second-order valence-electron chi connectivity index (χ2n) is 4.58. The van der Waals surface area contributed by atoms with Crippen LogP contribution in [0.15, 0.2) is 46.9 Å². The molecule has 0 saturated heterocycles. The van der Waals surface area contributed by atoms with E-state index in [-0.39, 0.29) is 0 Å². The Morgan fingerprint density at radius 3 is 2.90 bits per heavy atom. The lowest BCUT2D eigenvalue weighted by Gasteiger charge is -2.06. The highest BCUT2D eigenvalue weighted by atomic mass is 79.9. The number of aromatic nitrogens is 2. The molecule has 1 heterocycles. The fraction of sp³-hybridized carbons (Fsp3) is 0.133. The van der Waals surface area contributed by atoms with E-state index >= 15 is 0 Å². The predicted molar refractivity (Wildman–Crippen MR) is 87.2 cm³/mol. The van der Waals surface area contributed by atoms with Crippen molar-refractivity contribution in [1.82, 2.24) is 9.55 Å². The summed E-state index contributed by atoms with van der Waals surface area (Å²) in [6.45, 7) is 0.656. The van der Waals surface area contributed by atoms with Crippen LogP contribution in [-0.4, -0.2) is 9.55 Å². The molecule has 0 aliphatic heterocycles. The molecule has 1 N–H and O–H groups in total. The minimum Gasteiger partial charge on any atom is -0.378 e. The van der Waals surface area contributed by atoms with Gasteiger partial charge in [0.15, 0.2) is 0 Å². The number of fused-ring (bicyclic) bond motifs is 1. The van der Waals surface area contributed by atoms with Gasteiger partial charge >= 0.3 is 0 Å². The van der Waals surface area contributed by atoms with E-state index < -0.39 is 0 Å². The van der Waals surface area contributed by atoms with Crippen LogP contribution in [0.4, 0.5) is 5.69 Å². The van der Waals surface area contributed by atoms with Gasteiger partial charge in [0, 0.05) is 22.2 Å². The van der Waals surface area contributed by atoms with E-state index in [1.807, 2.05) is 43.4 Å². The zero-order valence-corrected chi connectivity index (χ0v) is 13.2. The average molecular weight is 351 g/mol. The molecule has 102 valence electrons. The molecule has 0 unspecified atom stereocenters. The molecular formula is C15H13BrClN3. The first-order valence-corrected chi connectivity index (χ1v) is 7.41. The van der Waals surface area contributed by atoms with Gasteiger partial charge < -0.3 is 9.88 Å². The van der Waals surface area contributed by atoms with Crippen molar-refractivity contribution >= 4 is 44.3 Å². The Balaban J connectivity index is 1.86. The summed E-state index contributed by atoms with van der Waals surface area (Å²) in [6, 6.07) is 13.8. The molecule has 2 aromatic carbocycles. The van der Waals surface area contributed by atoms with Gasteiger partial charge in [0.2, 0.25) is 0 Å². The Kier molecular flexibility index (Phi) is 3.68. The van der Waals surface area contributed by atoms with Crippen LogP contribution in [0.3, 0.4) is 0 Å². The highest BCUT2D eigenvalue weighted by molar-refractivity contribution is 9.10. The van der Waals surface area contributed by atoms with Gasteiger partial charge in [-0.1, -0.05) is 33.6 Å². The predicted octanol–water partition coefficient (Wildman–Crippen LogP) is 4.60. The quantitative estimate of drug-likeness (QED) is 0.748. The van der Waals surface area contributed by atoms with Crippen LogP contribution in [0.25, 0.3) is 11.0 Å². The number of anilines is 1. The summed E-state index contributed by atoms with van der Waals surface area (Å²) in [4.78, 5) is 4.65. The third-order valence-corrected chi connectivity index (χ3v) is 3.94. The van der Waals surface area contributed by atoms with Gasteiger partial charge in [-0.25, -0.2) is 4.98 Å². The summed E-state index contributed by atoms with van der Waals surface area (Å²) in [6.07, 6.45) is 0. The van der Waals surface area contributed by atoms with Crippen molar-refractivity contribution in [2.75, 3.05) is 5.32 Å². The van der Waals surface area contributed by atoms with Crippen LogP contribution < -0.4 is 5.32 Å². The summed E-state index contributed by atoms with van der Waals surface area (Å²) < 4.78 is 3.14. The van der Waals surface area contributed by atoms with Crippen LogP contribution in [-0.2, 0) is 13.6 Å². The number of hydrogen-bond acceptors (Lipinski definition) is 2. The lowest BCUT2D eigenvalue weighted by Crippen LogP contribution is -2.05. The number of halogens is 2. The summed E-state index contributed by atoms with van der Waals surface area (Å²) >= 11 is 9.44. The van der Waals surface area contributed by atoms with Crippen molar-refractivity contribution in [3.8, 4) is 0 Å². The molecule has 0 saturated carbocycles. The smallest absolute Gasteiger partial charge is 0.128 e. The molecule has 0 aliphatic rings. The standard InChI is InChI=1S/C15H13BrClN3/c1-20-14-6-5-10(16)7-13(14)19-15(20)9-18-12-4-2-3-11(17)8-12/h2-8,18H,9H2,1H3. The van der Waals surface area contributed by atoms with Crippen LogP contribution in [0.5, 0.6) is 0 Å². The molecule has 0 bridgehead atoms. The fourth-order valence-electron chi connectivity index (χ4n) is 2.16. The van der Waals surface area contributed by atoms with Gasteiger partial charge in [0.25, 0.3) is 0 Å². The zero-order valence-electron chi connectivity index (χ0n) is 10.9. The molecule has 0 fully saturated rings. The fourth-order valence-corrected chi connectivity index (χ4v) is 2.70. The van der Waals surface area contributed by atoms with Gasteiger partial charge in [-0.15, -0.1) is 0 Å². The first-order valence-electron chi connectivity index (χ1n) is 6.24. The van der Waals surface area contributed by atoms with Crippen LogP contribution in [0, 0.1) is 0 Å². The van der Waals surface area contributed by atoms with Crippen LogP contribution in [0.2, 0.25) is 5.02 Å². The monoisotopic (exact) mass is 349 g/mol. The topological polar surface area (TPSA) is 29.9 Å². The van der Waals surface area contributed by atoms with E-state index in [1.54, 1.807) is 0 Å². The SMILES string of the molecule is Cn1c(CNc2cccc(Cl)c2)nc2cc(Br)ccc21. The molecule has 0 radical (unpaired) electrons. The number of imidazole rings is 1. The van der Waals surface area contributed by atoms with Crippen molar-refractivity contribution in [3.63, 3.8) is 0 Å². The molecule has 0 spiro atoms. The summed E-state index contributed by atoms with van der Waals surface area (Å²) in [5.74, 6) is 0.984. The minimum atomic E-state index is 0.656. The van der Waals surface area contributed by atoms with Gasteiger partial charge in [-0.3, -0.25) is 0 Å². The number of rotatable bonds is 3. The number of aryl methyl sites for hydroxylation is 1. The summed E-state index contributed by atoms with van der Waals surface area (Å²) in [7, 11) is 2.03. The van der Waals surface area contributed by atoms with Gasteiger partial charge in [0.1, 0.15) is 5.82 Å². The maximum absolute atomic E-state index is 5.97. The molecule has 3 rings (SSSR count). The molecule has 3 nitrogen and oxygen atoms in total. The van der Waals surface area contributed by atoms with Crippen LogP contribution >= 0.6 is 27.5 Å². The molecule has 0 amide bonds. The number of nitrogens with zero attached hydrogens (tertiary/aromatic N) is 2. The maximum atomic E-state index is 5.97. The molecule has 3 aromatic rings. The second kappa shape index (κ2) is 5.46. The number of nitrogens with one attached hydrogen (secondary N) is 1. The van der Waals surface area contributed by atoms with Crippen LogP contribution in [0.1, 0.15) is 5.82 Å². The Labute approximate surface area is 130 Å². The van der Waals surface area contributed by atoms with Gasteiger partial charge in [0.05, 0.1) is 17.6 Å². The first kappa shape index (κ1) is 13.5. The number of hydrogen-bond donors (Lipinski definition) is 1. The highest BCUT2D eigenvalue weighted by Gasteiger charge is 2.07. The van der Waals surface area contributed by atoms with E-state index in [4.69, 9.17) is 11.6 Å². The van der Waals surface area contributed by atoms with Crippen molar-refractivity contribution in [2.24, 2.45) is 7.05 Å². The van der Waals surface area contributed by atoms with E-state index in [0.717, 1.165) is 32.0 Å². The molecule has 20 heavy (non-hydrogen) atoms. The van der Waals surface area contributed by atoms with E-state index in [0.29, 0.717) is 6.54 Å². The van der Waals surface area contributed by atoms with E-state index in [9.17, 15) is 0 Å². The first-order chi connectivity index (χ1) is 9.63.